The van der Waals surface area contributed by atoms with Gasteiger partial charge in [0.2, 0.25) is 0 Å². The van der Waals surface area contributed by atoms with Crippen molar-refractivity contribution >= 4 is 39.3 Å². The van der Waals surface area contributed by atoms with Gasteiger partial charge in [0.25, 0.3) is 11.8 Å². The molecule has 1 aromatic heterocycles. The summed E-state index contributed by atoms with van der Waals surface area (Å²) in [4.78, 5) is 25.3. The quantitative estimate of drug-likeness (QED) is 0.680. The summed E-state index contributed by atoms with van der Waals surface area (Å²) in [5, 5.41) is 2.19. The highest BCUT2D eigenvalue weighted by molar-refractivity contribution is 6.31. The Labute approximate surface area is 127 Å². The summed E-state index contributed by atoms with van der Waals surface area (Å²) in [7, 11) is 0. The van der Waals surface area contributed by atoms with Crippen molar-refractivity contribution in [2.75, 3.05) is 4.90 Å². The maximum absolute atomic E-state index is 12.1. The van der Waals surface area contributed by atoms with Crippen LogP contribution in [-0.4, -0.2) is 16.4 Å². The second-order valence-electron chi connectivity index (χ2n) is 5.28. The predicted molar refractivity (Wildman–Crippen MR) is 86.8 cm³/mol. The summed E-state index contributed by atoms with van der Waals surface area (Å²) >= 11 is 0. The molecule has 0 fully saturated rings. The Morgan fingerprint density at radius 3 is 2.27 bits per heavy atom. The molecule has 22 heavy (non-hydrogen) atoms. The van der Waals surface area contributed by atoms with Gasteiger partial charge in [-0.1, -0.05) is 30.3 Å². The first-order chi connectivity index (χ1) is 10.7. The summed E-state index contributed by atoms with van der Waals surface area (Å²) in [6.07, 6.45) is 2.64. The summed E-state index contributed by atoms with van der Waals surface area (Å²) < 4.78 is 2.15. The first-order valence-electron chi connectivity index (χ1n) is 7.28. The minimum absolute atomic E-state index is 0.287. The first-order valence-corrected chi connectivity index (χ1v) is 7.28. The molecule has 4 rings (SSSR count). The molecule has 2 heterocycles. The number of aromatic nitrogens is 1. The van der Waals surface area contributed by atoms with Crippen LogP contribution in [0.4, 0.5) is 5.69 Å². The number of hydrogen-bond acceptors (Lipinski definition) is 2. The van der Waals surface area contributed by atoms with E-state index >= 15 is 0 Å². The van der Waals surface area contributed by atoms with Crippen LogP contribution in [0.3, 0.4) is 0 Å². The van der Waals surface area contributed by atoms with E-state index in [1.807, 2.05) is 30.3 Å². The molecule has 0 radical (unpaired) electrons. The van der Waals surface area contributed by atoms with E-state index in [-0.39, 0.29) is 11.8 Å². The summed E-state index contributed by atoms with van der Waals surface area (Å²) in [6, 6.07) is 13.9. The molecule has 0 atom stereocenters. The minimum Gasteiger partial charge on any atom is -0.339 e. The lowest BCUT2D eigenvalue weighted by molar-refractivity contribution is -0.119. The van der Waals surface area contributed by atoms with Gasteiger partial charge in [0, 0.05) is 35.0 Å². The van der Waals surface area contributed by atoms with Crippen molar-refractivity contribution in [1.82, 2.24) is 4.57 Å². The number of imide groups is 1. The Bertz CT molecular complexity index is 948. The number of amides is 2. The van der Waals surface area contributed by atoms with Crippen LogP contribution in [0, 0.1) is 0 Å². The Morgan fingerprint density at radius 2 is 1.55 bits per heavy atom. The van der Waals surface area contributed by atoms with Crippen LogP contribution in [-0.2, 0) is 16.1 Å². The second-order valence-corrected chi connectivity index (χ2v) is 5.28. The van der Waals surface area contributed by atoms with E-state index in [2.05, 4.69) is 23.6 Å². The van der Waals surface area contributed by atoms with Crippen molar-refractivity contribution in [1.29, 1.82) is 0 Å². The topological polar surface area (TPSA) is 42.3 Å². The van der Waals surface area contributed by atoms with Gasteiger partial charge in [-0.3, -0.25) is 9.59 Å². The average Bonchev–Trinajstić information content (AvgIpc) is 3.05. The van der Waals surface area contributed by atoms with E-state index in [0.717, 1.165) is 28.4 Å². The normalized spacial score (nSPS) is 14.7. The fourth-order valence-corrected chi connectivity index (χ4v) is 3.24. The molecular formula is C18H14N2O2. The molecular weight excluding hydrogens is 276 g/mol. The van der Waals surface area contributed by atoms with Crippen LogP contribution in [0.15, 0.2) is 54.6 Å². The highest BCUT2D eigenvalue weighted by atomic mass is 16.2. The molecule has 1 aliphatic rings. The molecule has 0 saturated carbocycles. The molecule has 0 bridgehead atoms. The maximum Gasteiger partial charge on any atom is 0.258 e. The van der Waals surface area contributed by atoms with Crippen LogP contribution < -0.4 is 4.90 Å². The molecule has 0 spiro atoms. The summed E-state index contributed by atoms with van der Waals surface area (Å²) in [6.45, 7) is 2.83. The van der Waals surface area contributed by atoms with Crippen LogP contribution >= 0.6 is 0 Å². The third kappa shape index (κ3) is 1.58. The largest absolute Gasteiger partial charge is 0.339 e. The Morgan fingerprint density at radius 1 is 0.864 bits per heavy atom. The van der Waals surface area contributed by atoms with Crippen molar-refractivity contribution in [3.8, 4) is 0 Å². The van der Waals surface area contributed by atoms with Crippen LogP contribution in [0.5, 0.6) is 0 Å². The SMILES string of the molecule is CCn1c2ccccc2c2cccc(N3C(=O)C=CC3=O)c21. The Balaban J connectivity index is 2.13. The number of carbonyl (C=O) groups is 2. The number of carbonyl (C=O) groups excluding carboxylic acids is 2. The van der Waals surface area contributed by atoms with Crippen molar-refractivity contribution in [3.63, 3.8) is 0 Å². The predicted octanol–water partition coefficient (Wildman–Crippen LogP) is 3.24. The third-order valence-corrected chi connectivity index (χ3v) is 4.14. The summed E-state index contributed by atoms with van der Waals surface area (Å²) in [5.41, 5.74) is 2.69. The lowest BCUT2D eigenvalue weighted by Crippen LogP contribution is -2.30. The van der Waals surface area contributed by atoms with Crippen molar-refractivity contribution in [3.05, 3.63) is 54.6 Å². The number of para-hydroxylation sites is 2. The van der Waals surface area contributed by atoms with Gasteiger partial charge in [-0.05, 0) is 19.1 Å². The zero-order valence-corrected chi connectivity index (χ0v) is 12.1. The smallest absolute Gasteiger partial charge is 0.258 e. The van der Waals surface area contributed by atoms with Gasteiger partial charge in [-0.2, -0.15) is 0 Å². The number of nitrogens with zero attached hydrogens (tertiary/aromatic N) is 2. The zero-order chi connectivity index (χ0) is 15.3. The fraction of sp³-hybridized carbons (Fsp3) is 0.111. The number of rotatable bonds is 2. The Hall–Kier alpha value is -2.88. The van der Waals surface area contributed by atoms with Gasteiger partial charge in [-0.25, -0.2) is 4.90 Å². The van der Waals surface area contributed by atoms with E-state index in [4.69, 9.17) is 0 Å². The van der Waals surface area contributed by atoms with Gasteiger partial charge in [0.1, 0.15) is 0 Å². The average molecular weight is 290 g/mol. The molecule has 0 unspecified atom stereocenters. The molecule has 4 heteroatoms. The minimum atomic E-state index is -0.287. The van der Waals surface area contributed by atoms with E-state index in [9.17, 15) is 9.59 Å². The van der Waals surface area contributed by atoms with E-state index < -0.39 is 0 Å². The van der Waals surface area contributed by atoms with Gasteiger partial charge >= 0.3 is 0 Å². The number of fused-ring (bicyclic) bond motifs is 3. The van der Waals surface area contributed by atoms with Gasteiger partial charge in [-0.15, -0.1) is 0 Å². The van der Waals surface area contributed by atoms with Crippen molar-refractivity contribution in [2.24, 2.45) is 0 Å². The molecule has 1 aliphatic heterocycles. The monoisotopic (exact) mass is 290 g/mol. The van der Waals surface area contributed by atoms with Crippen molar-refractivity contribution < 1.29 is 9.59 Å². The molecule has 0 N–H and O–H groups in total. The molecule has 0 aliphatic carbocycles. The van der Waals surface area contributed by atoms with Gasteiger partial charge in [0.05, 0.1) is 11.2 Å². The number of aryl methyl sites for hydroxylation is 1. The highest BCUT2D eigenvalue weighted by Crippen LogP contribution is 2.36. The van der Waals surface area contributed by atoms with Crippen LogP contribution in [0.1, 0.15) is 6.92 Å². The zero-order valence-electron chi connectivity index (χ0n) is 12.1. The van der Waals surface area contributed by atoms with E-state index in [0.29, 0.717) is 5.69 Å². The third-order valence-electron chi connectivity index (χ3n) is 4.14. The lowest BCUT2D eigenvalue weighted by Gasteiger charge is -2.17. The molecule has 2 amide bonds. The van der Waals surface area contributed by atoms with E-state index in [1.165, 1.54) is 17.1 Å². The summed E-state index contributed by atoms with van der Waals surface area (Å²) in [5.74, 6) is -0.573. The molecule has 2 aromatic carbocycles. The van der Waals surface area contributed by atoms with Crippen molar-refractivity contribution in [2.45, 2.75) is 13.5 Å². The number of benzene rings is 2. The fourth-order valence-electron chi connectivity index (χ4n) is 3.24. The van der Waals surface area contributed by atoms with E-state index in [1.54, 1.807) is 0 Å². The van der Waals surface area contributed by atoms with Gasteiger partial charge < -0.3 is 4.57 Å². The molecule has 4 nitrogen and oxygen atoms in total. The van der Waals surface area contributed by atoms with Crippen LogP contribution in [0.25, 0.3) is 21.8 Å². The molecule has 3 aromatic rings. The van der Waals surface area contributed by atoms with Crippen LogP contribution in [0.2, 0.25) is 0 Å². The molecule has 108 valence electrons. The van der Waals surface area contributed by atoms with Gasteiger partial charge in [0.15, 0.2) is 0 Å². The first kappa shape index (κ1) is 12.8. The number of hydrogen-bond donors (Lipinski definition) is 0. The Kier molecular flexibility index (Phi) is 2.66. The second kappa shape index (κ2) is 4.56. The standard InChI is InChI=1S/C18H14N2O2/c1-2-19-14-8-4-3-6-12(14)13-7-5-9-15(18(13)19)20-16(21)10-11-17(20)22/h3-11H,2H2,1H3. The highest BCUT2D eigenvalue weighted by Gasteiger charge is 2.28. The number of anilines is 1. The lowest BCUT2D eigenvalue weighted by atomic mass is 10.1. The molecule has 0 saturated heterocycles. The maximum atomic E-state index is 12.1.